The second kappa shape index (κ2) is 4.98. The van der Waals surface area contributed by atoms with Crippen LogP contribution in [0.25, 0.3) is 6.08 Å². The van der Waals surface area contributed by atoms with Crippen LogP contribution in [0, 0.1) is 0 Å². The van der Waals surface area contributed by atoms with Gasteiger partial charge in [-0.25, -0.2) is 4.79 Å². The van der Waals surface area contributed by atoms with Gasteiger partial charge >= 0.3 is 5.97 Å². The van der Waals surface area contributed by atoms with E-state index < -0.39 is 5.97 Å². The first-order chi connectivity index (χ1) is 7.04. The average molecular weight is 271 g/mol. The molecular weight excluding hydrogens is 260 g/mol. The highest BCUT2D eigenvalue weighted by Crippen LogP contribution is 2.26. The second-order valence-corrected chi connectivity index (χ2v) is 3.88. The third-order valence-electron chi connectivity index (χ3n) is 1.90. The molecule has 1 aromatic carbocycles. The van der Waals surface area contributed by atoms with Crippen LogP contribution in [0.15, 0.2) is 28.2 Å². The van der Waals surface area contributed by atoms with Gasteiger partial charge in [-0.15, -0.1) is 0 Å². The molecule has 0 aliphatic rings. The van der Waals surface area contributed by atoms with Crippen molar-refractivity contribution in [2.75, 3.05) is 7.11 Å². The maximum atomic E-state index is 10.6. The predicted molar refractivity (Wildman–Crippen MR) is 62.0 cm³/mol. The summed E-state index contributed by atoms with van der Waals surface area (Å²) in [4.78, 5) is 10.6. The van der Waals surface area contributed by atoms with E-state index in [1.54, 1.807) is 32.2 Å². The quantitative estimate of drug-likeness (QED) is 0.860. The van der Waals surface area contributed by atoms with E-state index in [0.29, 0.717) is 5.57 Å². The van der Waals surface area contributed by atoms with Crippen molar-refractivity contribution in [2.24, 2.45) is 0 Å². The first-order valence-corrected chi connectivity index (χ1v) is 5.09. The lowest BCUT2D eigenvalue weighted by Gasteiger charge is -2.03. The number of aliphatic carboxylic acids is 1. The van der Waals surface area contributed by atoms with Crippen molar-refractivity contribution in [2.45, 2.75) is 6.92 Å². The van der Waals surface area contributed by atoms with Gasteiger partial charge in [0.05, 0.1) is 11.6 Å². The van der Waals surface area contributed by atoms with Crippen LogP contribution in [0.5, 0.6) is 5.75 Å². The van der Waals surface area contributed by atoms with Crippen molar-refractivity contribution in [3.05, 3.63) is 33.8 Å². The number of halogens is 1. The number of ether oxygens (including phenoxy) is 1. The minimum atomic E-state index is -0.915. The van der Waals surface area contributed by atoms with Crippen LogP contribution in [0.3, 0.4) is 0 Å². The molecule has 0 aromatic heterocycles. The number of carboxylic acids is 1. The smallest absolute Gasteiger partial charge is 0.331 e. The van der Waals surface area contributed by atoms with Gasteiger partial charge in [0.2, 0.25) is 0 Å². The van der Waals surface area contributed by atoms with Gasteiger partial charge in [0.1, 0.15) is 5.75 Å². The summed E-state index contributed by atoms with van der Waals surface area (Å²) in [6, 6.07) is 5.40. The Bertz CT molecular complexity index is 410. The lowest BCUT2D eigenvalue weighted by molar-refractivity contribution is -0.132. The van der Waals surface area contributed by atoms with Crippen LogP contribution < -0.4 is 4.74 Å². The van der Waals surface area contributed by atoms with Gasteiger partial charge in [0, 0.05) is 5.57 Å². The monoisotopic (exact) mass is 270 g/mol. The molecule has 0 atom stereocenters. The Labute approximate surface area is 96.5 Å². The van der Waals surface area contributed by atoms with Gasteiger partial charge in [-0.2, -0.15) is 0 Å². The summed E-state index contributed by atoms with van der Waals surface area (Å²) in [5.41, 5.74) is 1.12. The fourth-order valence-electron chi connectivity index (χ4n) is 1.08. The molecule has 0 bridgehead atoms. The van der Waals surface area contributed by atoms with E-state index >= 15 is 0 Å². The number of hydrogen-bond donors (Lipinski definition) is 1. The molecule has 0 heterocycles. The Morgan fingerprint density at radius 1 is 1.53 bits per heavy atom. The van der Waals surface area contributed by atoms with Crippen LogP contribution in [0.2, 0.25) is 0 Å². The van der Waals surface area contributed by atoms with E-state index in [9.17, 15) is 4.79 Å². The largest absolute Gasteiger partial charge is 0.496 e. The van der Waals surface area contributed by atoms with Crippen molar-refractivity contribution in [3.63, 3.8) is 0 Å². The highest BCUT2D eigenvalue weighted by molar-refractivity contribution is 9.10. The average Bonchev–Trinajstić information content (AvgIpc) is 2.18. The van der Waals surface area contributed by atoms with E-state index in [4.69, 9.17) is 9.84 Å². The van der Waals surface area contributed by atoms with Crippen LogP contribution in [-0.2, 0) is 4.79 Å². The number of benzene rings is 1. The SMILES string of the molecule is COc1ccc(C=C(C)C(=O)O)cc1Br. The van der Waals surface area contributed by atoms with E-state index in [-0.39, 0.29) is 0 Å². The predicted octanol–water partition coefficient (Wildman–Crippen LogP) is 2.95. The van der Waals surface area contributed by atoms with Crippen LogP contribution in [0.1, 0.15) is 12.5 Å². The highest BCUT2D eigenvalue weighted by atomic mass is 79.9. The Kier molecular flexibility index (Phi) is 3.91. The molecule has 4 heteroatoms. The van der Waals surface area contributed by atoms with Crippen molar-refractivity contribution in [1.29, 1.82) is 0 Å². The van der Waals surface area contributed by atoms with Crippen molar-refractivity contribution < 1.29 is 14.6 Å². The van der Waals surface area contributed by atoms with E-state index in [1.807, 2.05) is 6.07 Å². The summed E-state index contributed by atoms with van der Waals surface area (Å²) in [5, 5.41) is 8.71. The molecule has 1 rings (SSSR count). The Hall–Kier alpha value is -1.29. The van der Waals surface area contributed by atoms with E-state index in [2.05, 4.69) is 15.9 Å². The molecule has 0 amide bonds. The number of hydrogen-bond acceptors (Lipinski definition) is 2. The lowest BCUT2D eigenvalue weighted by Crippen LogP contribution is -1.95. The lowest BCUT2D eigenvalue weighted by atomic mass is 10.1. The van der Waals surface area contributed by atoms with Gasteiger partial charge < -0.3 is 9.84 Å². The molecule has 3 nitrogen and oxygen atoms in total. The fourth-order valence-corrected chi connectivity index (χ4v) is 1.64. The molecule has 0 fully saturated rings. The Balaban J connectivity index is 3.03. The van der Waals surface area contributed by atoms with E-state index in [1.165, 1.54) is 0 Å². The minimum Gasteiger partial charge on any atom is -0.496 e. The summed E-state index contributed by atoms with van der Waals surface area (Å²) in [6.45, 7) is 1.56. The second-order valence-electron chi connectivity index (χ2n) is 3.03. The third-order valence-corrected chi connectivity index (χ3v) is 2.52. The summed E-state index contributed by atoms with van der Waals surface area (Å²) in [7, 11) is 1.58. The number of carbonyl (C=O) groups is 1. The summed E-state index contributed by atoms with van der Waals surface area (Å²) in [5.74, 6) is -0.193. The van der Waals surface area contributed by atoms with Gasteiger partial charge in [-0.3, -0.25) is 0 Å². The fraction of sp³-hybridized carbons (Fsp3) is 0.182. The topological polar surface area (TPSA) is 46.5 Å². The molecule has 0 spiro atoms. The molecule has 0 saturated carbocycles. The Morgan fingerprint density at radius 2 is 2.20 bits per heavy atom. The first-order valence-electron chi connectivity index (χ1n) is 4.29. The van der Waals surface area contributed by atoms with Crippen molar-refractivity contribution in [1.82, 2.24) is 0 Å². The number of methoxy groups -OCH3 is 1. The molecule has 1 N–H and O–H groups in total. The van der Waals surface area contributed by atoms with Gasteiger partial charge in [0.25, 0.3) is 0 Å². The zero-order valence-electron chi connectivity index (χ0n) is 8.45. The summed E-state index contributed by atoms with van der Waals surface area (Å²) >= 11 is 3.33. The van der Waals surface area contributed by atoms with Gasteiger partial charge in [-0.05, 0) is 46.6 Å². The van der Waals surface area contributed by atoms with Crippen molar-refractivity contribution in [3.8, 4) is 5.75 Å². The maximum Gasteiger partial charge on any atom is 0.331 e. The van der Waals surface area contributed by atoms with Crippen LogP contribution >= 0.6 is 15.9 Å². The van der Waals surface area contributed by atoms with Crippen LogP contribution in [0.4, 0.5) is 0 Å². The molecule has 0 aliphatic carbocycles. The Morgan fingerprint density at radius 3 is 2.67 bits per heavy atom. The highest BCUT2D eigenvalue weighted by Gasteiger charge is 2.02. The standard InChI is InChI=1S/C11H11BrO3/c1-7(11(13)14)5-8-3-4-10(15-2)9(12)6-8/h3-6H,1-2H3,(H,13,14). The molecule has 0 radical (unpaired) electrons. The zero-order chi connectivity index (χ0) is 11.4. The molecular formula is C11H11BrO3. The molecule has 15 heavy (non-hydrogen) atoms. The van der Waals surface area contributed by atoms with Crippen LogP contribution in [-0.4, -0.2) is 18.2 Å². The van der Waals surface area contributed by atoms with Gasteiger partial charge in [-0.1, -0.05) is 6.07 Å². The van der Waals surface area contributed by atoms with Crippen molar-refractivity contribution >= 4 is 28.0 Å². The molecule has 1 aromatic rings. The zero-order valence-corrected chi connectivity index (χ0v) is 10.0. The number of rotatable bonds is 3. The molecule has 0 saturated heterocycles. The van der Waals surface area contributed by atoms with E-state index in [0.717, 1.165) is 15.8 Å². The molecule has 0 unspecified atom stereocenters. The number of carboxylic acid groups (broad SMARTS) is 1. The van der Waals surface area contributed by atoms with Gasteiger partial charge in [0.15, 0.2) is 0 Å². The first kappa shape index (κ1) is 11.8. The third kappa shape index (κ3) is 3.09. The minimum absolute atomic E-state index is 0.298. The molecule has 80 valence electrons. The maximum absolute atomic E-state index is 10.6. The normalized spacial score (nSPS) is 11.3. The summed E-state index contributed by atoms with van der Waals surface area (Å²) in [6.07, 6.45) is 1.60. The molecule has 0 aliphatic heterocycles. The summed E-state index contributed by atoms with van der Waals surface area (Å²) < 4.78 is 5.87.